The molecular weight excluding hydrogens is 260 g/mol. The van der Waals surface area contributed by atoms with Gasteiger partial charge in [0, 0.05) is 12.5 Å². The molecule has 0 fully saturated rings. The number of anilines is 1. The van der Waals surface area contributed by atoms with Crippen LogP contribution in [0.5, 0.6) is 0 Å². The van der Waals surface area contributed by atoms with Crippen LogP contribution >= 0.6 is 0 Å². The van der Waals surface area contributed by atoms with E-state index in [9.17, 15) is 9.90 Å². The number of nitrogen functional groups attached to an aromatic ring is 1. The molecule has 3 rings (SSSR count). The summed E-state index contributed by atoms with van der Waals surface area (Å²) >= 11 is 0. The van der Waals surface area contributed by atoms with Gasteiger partial charge in [0.15, 0.2) is 11.3 Å². The van der Waals surface area contributed by atoms with Crippen molar-refractivity contribution in [2.45, 2.75) is 12.5 Å². The summed E-state index contributed by atoms with van der Waals surface area (Å²) in [6.45, 7) is 0.100. The van der Waals surface area contributed by atoms with Crippen LogP contribution in [0.3, 0.4) is 0 Å². The lowest BCUT2D eigenvalue weighted by molar-refractivity contribution is 0.0997. The number of imidazole rings is 1. The number of hydrogen-bond donors (Lipinski definition) is 3. The fourth-order valence-electron chi connectivity index (χ4n) is 2.44. The number of aliphatic hydroxyl groups is 1. The minimum atomic E-state index is -0.690. The van der Waals surface area contributed by atoms with Crippen molar-refractivity contribution in [3.05, 3.63) is 24.2 Å². The fourth-order valence-corrected chi connectivity index (χ4v) is 2.44. The summed E-state index contributed by atoms with van der Waals surface area (Å²) in [7, 11) is 0. The number of amides is 1. The molecule has 0 bridgehead atoms. The first-order chi connectivity index (χ1) is 9.60. The average Bonchev–Trinajstić information content (AvgIpc) is 3.02. The van der Waals surface area contributed by atoms with Crippen molar-refractivity contribution in [2.24, 2.45) is 11.7 Å². The van der Waals surface area contributed by atoms with Crippen LogP contribution in [0.25, 0.3) is 11.2 Å². The highest BCUT2D eigenvalue weighted by Gasteiger charge is 2.23. The van der Waals surface area contributed by atoms with E-state index in [-0.39, 0.29) is 30.2 Å². The molecule has 2 atom stereocenters. The number of aromatic nitrogens is 4. The Morgan fingerprint density at radius 3 is 2.90 bits per heavy atom. The molecule has 8 heteroatoms. The van der Waals surface area contributed by atoms with E-state index < -0.39 is 5.91 Å². The van der Waals surface area contributed by atoms with E-state index in [1.165, 1.54) is 0 Å². The quantitative estimate of drug-likeness (QED) is 0.653. The third kappa shape index (κ3) is 1.90. The lowest BCUT2D eigenvalue weighted by atomic mass is 10.1. The molecule has 1 amide bonds. The normalized spacial score (nSPS) is 21.6. The molecular formula is C12H14N6O2. The standard InChI is InChI=1S/C12H14N6O2/c13-10(20)8-9-11(17-12(14)16-8)18(5-15-9)7-2-1-6(3-7)4-19/h1-2,5-7,19H,3-4H2,(H2,13,20)(H2,14,16,17). The topological polar surface area (TPSA) is 133 Å². The highest BCUT2D eigenvalue weighted by atomic mass is 16.3. The van der Waals surface area contributed by atoms with Gasteiger partial charge in [0.05, 0.1) is 12.4 Å². The largest absolute Gasteiger partial charge is 0.396 e. The van der Waals surface area contributed by atoms with Gasteiger partial charge in [-0.3, -0.25) is 4.79 Å². The lowest BCUT2D eigenvalue weighted by Crippen LogP contribution is -2.16. The molecule has 1 aliphatic carbocycles. The number of allylic oxidation sites excluding steroid dienone is 1. The third-order valence-corrected chi connectivity index (χ3v) is 3.41. The zero-order chi connectivity index (χ0) is 14.3. The summed E-state index contributed by atoms with van der Waals surface area (Å²) < 4.78 is 1.81. The molecule has 5 N–H and O–H groups in total. The second-order valence-electron chi connectivity index (χ2n) is 4.75. The van der Waals surface area contributed by atoms with Crippen molar-refractivity contribution in [3.63, 3.8) is 0 Å². The van der Waals surface area contributed by atoms with Crippen molar-refractivity contribution in [1.29, 1.82) is 0 Å². The maximum Gasteiger partial charge on any atom is 0.269 e. The Hall–Kier alpha value is -2.48. The Balaban J connectivity index is 2.10. The molecule has 20 heavy (non-hydrogen) atoms. The number of primary amides is 1. The van der Waals surface area contributed by atoms with Gasteiger partial charge in [-0.25, -0.2) is 9.97 Å². The van der Waals surface area contributed by atoms with E-state index in [1.807, 2.05) is 16.7 Å². The van der Waals surface area contributed by atoms with Gasteiger partial charge in [-0.2, -0.15) is 4.98 Å². The molecule has 0 saturated carbocycles. The molecule has 1 aliphatic rings. The Labute approximate surface area is 114 Å². The third-order valence-electron chi connectivity index (χ3n) is 3.41. The number of rotatable bonds is 3. The van der Waals surface area contributed by atoms with Gasteiger partial charge in [0.25, 0.3) is 5.91 Å². The van der Waals surface area contributed by atoms with Crippen molar-refractivity contribution in [2.75, 3.05) is 12.3 Å². The molecule has 2 unspecified atom stereocenters. The monoisotopic (exact) mass is 274 g/mol. The van der Waals surface area contributed by atoms with Gasteiger partial charge in [0.1, 0.15) is 5.52 Å². The molecule has 8 nitrogen and oxygen atoms in total. The predicted octanol–water partition coefficient (Wildman–Crippen LogP) is -0.383. The molecule has 2 aromatic heterocycles. The SMILES string of the molecule is NC(=O)c1nc(N)nc2c1ncn2C1C=CC(CO)C1. The first-order valence-electron chi connectivity index (χ1n) is 6.19. The van der Waals surface area contributed by atoms with Crippen LogP contribution in [-0.2, 0) is 0 Å². The predicted molar refractivity (Wildman–Crippen MR) is 71.6 cm³/mol. The highest BCUT2D eigenvalue weighted by Crippen LogP contribution is 2.30. The second kappa shape index (κ2) is 4.57. The molecule has 2 heterocycles. The molecule has 2 aromatic rings. The summed E-state index contributed by atoms with van der Waals surface area (Å²) in [4.78, 5) is 23.5. The molecule has 0 aromatic carbocycles. The number of nitrogens with two attached hydrogens (primary N) is 2. The van der Waals surface area contributed by atoms with Gasteiger partial charge in [-0.15, -0.1) is 0 Å². The van der Waals surface area contributed by atoms with Crippen LogP contribution in [0.1, 0.15) is 23.0 Å². The van der Waals surface area contributed by atoms with Crippen molar-refractivity contribution in [3.8, 4) is 0 Å². The maximum atomic E-state index is 11.4. The number of aliphatic hydroxyl groups excluding tert-OH is 1. The number of hydrogen-bond acceptors (Lipinski definition) is 6. The van der Waals surface area contributed by atoms with E-state index in [2.05, 4.69) is 15.0 Å². The lowest BCUT2D eigenvalue weighted by Gasteiger charge is -2.12. The summed E-state index contributed by atoms with van der Waals surface area (Å²) in [5.41, 5.74) is 11.7. The van der Waals surface area contributed by atoms with E-state index in [0.29, 0.717) is 11.2 Å². The average molecular weight is 274 g/mol. The fraction of sp³-hybridized carbons (Fsp3) is 0.333. The minimum absolute atomic E-state index is 0.0197. The van der Waals surface area contributed by atoms with E-state index in [1.54, 1.807) is 6.33 Å². The van der Waals surface area contributed by atoms with Gasteiger partial charge >= 0.3 is 0 Å². The van der Waals surface area contributed by atoms with Gasteiger partial charge in [-0.05, 0) is 6.42 Å². The number of nitrogens with zero attached hydrogens (tertiary/aromatic N) is 4. The molecule has 0 spiro atoms. The first-order valence-corrected chi connectivity index (χ1v) is 6.19. The van der Waals surface area contributed by atoms with Crippen LogP contribution in [0.15, 0.2) is 18.5 Å². The van der Waals surface area contributed by atoms with Crippen molar-refractivity contribution >= 4 is 23.0 Å². The Morgan fingerprint density at radius 1 is 1.45 bits per heavy atom. The molecule has 104 valence electrons. The van der Waals surface area contributed by atoms with Crippen LogP contribution in [0.2, 0.25) is 0 Å². The summed E-state index contributed by atoms with van der Waals surface area (Å²) in [5.74, 6) is -0.592. The Morgan fingerprint density at radius 2 is 2.25 bits per heavy atom. The van der Waals surface area contributed by atoms with Crippen LogP contribution in [-0.4, -0.2) is 37.1 Å². The zero-order valence-corrected chi connectivity index (χ0v) is 10.6. The van der Waals surface area contributed by atoms with Crippen LogP contribution in [0.4, 0.5) is 5.95 Å². The van der Waals surface area contributed by atoms with Gasteiger partial charge in [-0.1, -0.05) is 12.2 Å². The summed E-state index contributed by atoms with van der Waals surface area (Å²) in [5, 5.41) is 9.17. The van der Waals surface area contributed by atoms with Gasteiger partial charge < -0.3 is 21.1 Å². The number of carbonyl (C=O) groups is 1. The van der Waals surface area contributed by atoms with E-state index >= 15 is 0 Å². The maximum absolute atomic E-state index is 11.4. The van der Waals surface area contributed by atoms with Crippen molar-refractivity contribution < 1.29 is 9.90 Å². The van der Waals surface area contributed by atoms with Crippen molar-refractivity contribution in [1.82, 2.24) is 19.5 Å². The smallest absolute Gasteiger partial charge is 0.269 e. The summed E-state index contributed by atoms with van der Waals surface area (Å²) in [6.07, 6.45) is 6.26. The van der Waals surface area contributed by atoms with Crippen LogP contribution in [0, 0.1) is 5.92 Å². The van der Waals surface area contributed by atoms with E-state index in [4.69, 9.17) is 11.5 Å². The Bertz CT molecular complexity index is 707. The first kappa shape index (κ1) is 12.5. The highest BCUT2D eigenvalue weighted by molar-refractivity contribution is 6.01. The van der Waals surface area contributed by atoms with Crippen LogP contribution < -0.4 is 11.5 Å². The molecule has 0 aliphatic heterocycles. The number of carbonyl (C=O) groups excluding carboxylic acids is 1. The number of fused-ring (bicyclic) bond motifs is 1. The van der Waals surface area contributed by atoms with Gasteiger partial charge in [0.2, 0.25) is 5.95 Å². The van der Waals surface area contributed by atoms with E-state index in [0.717, 1.165) is 6.42 Å². The summed E-state index contributed by atoms with van der Waals surface area (Å²) in [6, 6.07) is 0.0205. The second-order valence-corrected chi connectivity index (χ2v) is 4.75. The minimum Gasteiger partial charge on any atom is -0.396 e. The molecule has 0 radical (unpaired) electrons. The molecule has 0 saturated heterocycles. The zero-order valence-electron chi connectivity index (χ0n) is 10.6. The Kier molecular flexibility index (Phi) is 2.87.